The van der Waals surface area contributed by atoms with Crippen molar-refractivity contribution in [3.05, 3.63) is 0 Å². The van der Waals surface area contributed by atoms with Gasteiger partial charge in [0.1, 0.15) is 5.84 Å². The molecule has 0 aliphatic carbocycles. The molecule has 0 rings (SSSR count). The Hall–Kier alpha value is -1.26. The van der Waals surface area contributed by atoms with Crippen molar-refractivity contribution in [2.75, 3.05) is 19.6 Å². The minimum atomic E-state index is -0.135. The van der Waals surface area contributed by atoms with Crippen LogP contribution in [-0.2, 0) is 0 Å². The fraction of sp³-hybridized carbons (Fsp3) is 0.778. The van der Waals surface area contributed by atoms with E-state index >= 15 is 0 Å². The van der Waals surface area contributed by atoms with E-state index in [2.05, 4.69) is 5.32 Å². The second-order valence-corrected chi connectivity index (χ2v) is 3.18. The zero-order valence-electron chi connectivity index (χ0n) is 8.97. The highest BCUT2D eigenvalue weighted by atomic mass is 16.2. The monoisotopic (exact) mass is 200 g/mol. The summed E-state index contributed by atoms with van der Waals surface area (Å²) in [6.45, 7) is 5.49. The van der Waals surface area contributed by atoms with Gasteiger partial charge in [0.15, 0.2) is 0 Å². The van der Waals surface area contributed by atoms with Crippen molar-refractivity contribution in [3.63, 3.8) is 0 Å². The zero-order valence-corrected chi connectivity index (χ0v) is 8.97. The normalized spacial score (nSPS) is 9.57. The summed E-state index contributed by atoms with van der Waals surface area (Å²) in [5, 5.41) is 9.89. The molecule has 82 valence electrons. The van der Waals surface area contributed by atoms with Gasteiger partial charge >= 0.3 is 6.03 Å². The van der Waals surface area contributed by atoms with Crippen LogP contribution in [0.1, 0.15) is 26.7 Å². The van der Waals surface area contributed by atoms with Crippen molar-refractivity contribution in [3.8, 4) is 0 Å². The van der Waals surface area contributed by atoms with E-state index in [4.69, 9.17) is 11.1 Å². The van der Waals surface area contributed by atoms with Crippen LogP contribution in [0, 0.1) is 5.41 Å². The molecular formula is C9H20N4O. The second-order valence-electron chi connectivity index (χ2n) is 3.18. The van der Waals surface area contributed by atoms with E-state index < -0.39 is 0 Å². The SMILES string of the molecule is CCCNC(=O)N(CCC)CC(=N)N. The summed E-state index contributed by atoms with van der Waals surface area (Å²) in [6.07, 6.45) is 1.78. The number of nitrogens with one attached hydrogen (secondary N) is 2. The molecule has 0 atom stereocenters. The molecule has 0 aliphatic heterocycles. The quantitative estimate of drug-likeness (QED) is 0.437. The molecule has 0 fully saturated rings. The zero-order chi connectivity index (χ0) is 11.0. The molecule has 0 heterocycles. The maximum absolute atomic E-state index is 11.5. The fourth-order valence-corrected chi connectivity index (χ4v) is 1.07. The maximum Gasteiger partial charge on any atom is 0.317 e. The summed E-state index contributed by atoms with van der Waals surface area (Å²) >= 11 is 0. The molecule has 0 bridgehead atoms. The van der Waals surface area contributed by atoms with Crippen molar-refractivity contribution < 1.29 is 4.79 Å². The Morgan fingerprint density at radius 1 is 1.43 bits per heavy atom. The van der Waals surface area contributed by atoms with Crippen LogP contribution in [0.4, 0.5) is 4.79 Å². The van der Waals surface area contributed by atoms with Gasteiger partial charge in [-0.05, 0) is 12.8 Å². The molecule has 0 radical (unpaired) electrons. The smallest absolute Gasteiger partial charge is 0.317 e. The number of amidine groups is 1. The van der Waals surface area contributed by atoms with Crippen molar-refractivity contribution >= 4 is 11.9 Å². The van der Waals surface area contributed by atoms with Crippen LogP contribution in [0.15, 0.2) is 0 Å². The van der Waals surface area contributed by atoms with E-state index in [1.54, 1.807) is 4.90 Å². The lowest BCUT2D eigenvalue weighted by molar-refractivity contribution is 0.204. The first-order valence-corrected chi connectivity index (χ1v) is 4.97. The Labute approximate surface area is 85.2 Å². The maximum atomic E-state index is 11.5. The van der Waals surface area contributed by atoms with Gasteiger partial charge in [-0.3, -0.25) is 5.41 Å². The van der Waals surface area contributed by atoms with Crippen molar-refractivity contribution in [2.24, 2.45) is 5.73 Å². The number of amides is 2. The Balaban J connectivity index is 4.03. The first-order valence-electron chi connectivity index (χ1n) is 4.97. The minimum absolute atomic E-state index is 0.0186. The molecule has 2 amide bonds. The Morgan fingerprint density at radius 3 is 2.50 bits per heavy atom. The van der Waals surface area contributed by atoms with Crippen LogP contribution >= 0.6 is 0 Å². The molecule has 0 spiro atoms. The summed E-state index contributed by atoms with van der Waals surface area (Å²) in [5.41, 5.74) is 5.25. The Kier molecular flexibility index (Phi) is 6.53. The largest absolute Gasteiger partial charge is 0.386 e. The summed E-state index contributed by atoms with van der Waals surface area (Å²) in [7, 11) is 0. The van der Waals surface area contributed by atoms with Gasteiger partial charge in [0.2, 0.25) is 0 Å². The Morgan fingerprint density at radius 2 is 2.07 bits per heavy atom. The molecule has 0 unspecified atom stereocenters. The average molecular weight is 200 g/mol. The van der Waals surface area contributed by atoms with E-state index in [0.717, 1.165) is 12.8 Å². The van der Waals surface area contributed by atoms with Gasteiger partial charge in [-0.25, -0.2) is 4.79 Å². The lowest BCUT2D eigenvalue weighted by Crippen LogP contribution is -2.44. The van der Waals surface area contributed by atoms with E-state index in [1.807, 2.05) is 13.8 Å². The van der Waals surface area contributed by atoms with Crippen LogP contribution in [0.3, 0.4) is 0 Å². The van der Waals surface area contributed by atoms with Crippen molar-refractivity contribution in [1.82, 2.24) is 10.2 Å². The highest BCUT2D eigenvalue weighted by Gasteiger charge is 2.11. The third-order valence-electron chi connectivity index (χ3n) is 1.67. The molecule has 14 heavy (non-hydrogen) atoms. The van der Waals surface area contributed by atoms with Gasteiger partial charge in [0.05, 0.1) is 6.54 Å². The van der Waals surface area contributed by atoms with Gasteiger partial charge in [0.25, 0.3) is 0 Å². The number of nitrogens with zero attached hydrogens (tertiary/aromatic N) is 1. The average Bonchev–Trinajstić information content (AvgIpc) is 2.13. The number of hydrogen-bond donors (Lipinski definition) is 3. The molecule has 0 aromatic rings. The predicted molar refractivity (Wildman–Crippen MR) is 57.5 cm³/mol. The number of carbonyl (C=O) groups excluding carboxylic acids is 1. The lowest BCUT2D eigenvalue weighted by Gasteiger charge is -2.21. The van der Waals surface area contributed by atoms with Crippen molar-refractivity contribution in [1.29, 1.82) is 5.41 Å². The number of hydrogen-bond acceptors (Lipinski definition) is 2. The van der Waals surface area contributed by atoms with Gasteiger partial charge < -0.3 is 16.0 Å². The summed E-state index contributed by atoms with van der Waals surface area (Å²) in [4.78, 5) is 13.0. The number of nitrogens with two attached hydrogens (primary N) is 1. The van der Waals surface area contributed by atoms with Crippen LogP contribution in [0.2, 0.25) is 0 Å². The van der Waals surface area contributed by atoms with Crippen LogP contribution in [0.5, 0.6) is 0 Å². The summed E-state index contributed by atoms with van der Waals surface area (Å²) < 4.78 is 0. The minimum Gasteiger partial charge on any atom is -0.386 e. The van der Waals surface area contributed by atoms with E-state index in [9.17, 15) is 4.79 Å². The lowest BCUT2D eigenvalue weighted by atomic mass is 10.4. The van der Waals surface area contributed by atoms with Gasteiger partial charge in [-0.1, -0.05) is 13.8 Å². The van der Waals surface area contributed by atoms with E-state index in [1.165, 1.54) is 0 Å². The first kappa shape index (κ1) is 12.7. The summed E-state index contributed by atoms with van der Waals surface area (Å²) in [6, 6.07) is -0.135. The van der Waals surface area contributed by atoms with E-state index in [0.29, 0.717) is 13.1 Å². The van der Waals surface area contributed by atoms with Crippen LogP contribution < -0.4 is 11.1 Å². The van der Waals surface area contributed by atoms with Gasteiger partial charge in [-0.2, -0.15) is 0 Å². The third kappa shape index (κ3) is 5.40. The van der Waals surface area contributed by atoms with Crippen LogP contribution in [0.25, 0.3) is 0 Å². The molecule has 0 aromatic heterocycles. The fourth-order valence-electron chi connectivity index (χ4n) is 1.07. The number of rotatable bonds is 6. The second kappa shape index (κ2) is 7.17. The summed E-state index contributed by atoms with van der Waals surface area (Å²) in [5.74, 6) is 0.0186. The number of urea groups is 1. The predicted octanol–water partition coefficient (Wildman–Crippen LogP) is 0.754. The first-order chi connectivity index (χ1) is 6.61. The Bertz CT molecular complexity index is 193. The van der Waals surface area contributed by atoms with Gasteiger partial charge in [0, 0.05) is 13.1 Å². The molecule has 0 saturated heterocycles. The molecule has 5 heteroatoms. The van der Waals surface area contributed by atoms with Gasteiger partial charge in [-0.15, -0.1) is 0 Å². The molecule has 0 saturated carbocycles. The topological polar surface area (TPSA) is 82.2 Å². The molecule has 0 aliphatic rings. The van der Waals surface area contributed by atoms with E-state index in [-0.39, 0.29) is 18.4 Å². The third-order valence-corrected chi connectivity index (χ3v) is 1.67. The molecular weight excluding hydrogens is 180 g/mol. The highest BCUT2D eigenvalue weighted by Crippen LogP contribution is 1.92. The molecule has 5 nitrogen and oxygen atoms in total. The molecule has 0 aromatic carbocycles. The highest BCUT2D eigenvalue weighted by molar-refractivity contribution is 5.84. The van der Waals surface area contributed by atoms with Crippen molar-refractivity contribution in [2.45, 2.75) is 26.7 Å². The standard InChI is InChI=1S/C9H20N4O/c1-3-5-12-9(14)13(6-4-2)7-8(10)11/h3-7H2,1-2H3,(H3,10,11)(H,12,14). The molecule has 4 N–H and O–H groups in total. The number of carbonyl (C=O) groups is 1. The van der Waals surface area contributed by atoms with Crippen LogP contribution in [-0.4, -0.2) is 36.4 Å².